The highest BCUT2D eigenvalue weighted by atomic mass is 32.1. The molecule has 0 atom stereocenters. The number of aryl methyl sites for hydroxylation is 1. The first kappa shape index (κ1) is 8.25. The van der Waals surface area contributed by atoms with Gasteiger partial charge in [0.05, 0.1) is 0 Å². The molecule has 0 saturated carbocycles. The van der Waals surface area contributed by atoms with E-state index in [1.807, 2.05) is 19.1 Å². The van der Waals surface area contributed by atoms with E-state index in [4.69, 9.17) is 21.1 Å². The van der Waals surface area contributed by atoms with Gasteiger partial charge >= 0.3 is 0 Å². The number of aromatic nitrogens is 2. The van der Waals surface area contributed by atoms with Crippen molar-refractivity contribution in [3.05, 3.63) is 22.7 Å². The number of furan rings is 1. The molecular formula is C8H8N2O2S. The molecule has 1 N–H and O–H groups in total. The number of aromatic amines is 1. The Balaban J connectivity index is 2.40. The van der Waals surface area contributed by atoms with Crippen molar-refractivity contribution >= 4 is 12.2 Å². The van der Waals surface area contributed by atoms with Crippen LogP contribution in [0.25, 0.3) is 11.7 Å². The Bertz CT molecular complexity index is 454. The molecule has 13 heavy (non-hydrogen) atoms. The maximum Gasteiger partial charge on any atom is 0.284 e. The maximum atomic E-state index is 5.41. The number of rotatable bonds is 2. The van der Waals surface area contributed by atoms with E-state index < -0.39 is 0 Å². The fourth-order valence-electron chi connectivity index (χ4n) is 1.02. The predicted octanol–water partition coefficient (Wildman–Crippen LogP) is 2.55. The minimum Gasteiger partial charge on any atom is -0.456 e. The van der Waals surface area contributed by atoms with Crippen molar-refractivity contribution in [2.45, 2.75) is 13.3 Å². The van der Waals surface area contributed by atoms with Crippen molar-refractivity contribution in [3.63, 3.8) is 0 Å². The van der Waals surface area contributed by atoms with Crippen LogP contribution >= 0.6 is 12.2 Å². The van der Waals surface area contributed by atoms with Crippen LogP contribution < -0.4 is 0 Å². The Hall–Kier alpha value is -1.36. The second kappa shape index (κ2) is 3.18. The van der Waals surface area contributed by atoms with E-state index in [9.17, 15) is 0 Å². The molecule has 0 aromatic carbocycles. The molecule has 2 rings (SSSR count). The molecule has 2 heterocycles. The Labute approximate surface area is 79.6 Å². The molecule has 2 aromatic rings. The fourth-order valence-corrected chi connectivity index (χ4v) is 1.14. The van der Waals surface area contributed by atoms with Gasteiger partial charge in [-0.2, -0.15) is 0 Å². The van der Waals surface area contributed by atoms with Crippen LogP contribution in [0.3, 0.4) is 0 Å². The molecular weight excluding hydrogens is 188 g/mol. The summed E-state index contributed by atoms with van der Waals surface area (Å²) < 4.78 is 10.5. The summed E-state index contributed by atoms with van der Waals surface area (Å²) in [6.07, 6.45) is 0.852. The number of nitrogens with zero attached hydrogens (tertiary/aromatic N) is 1. The Morgan fingerprint density at radius 1 is 1.46 bits per heavy atom. The van der Waals surface area contributed by atoms with Gasteiger partial charge in [0.25, 0.3) is 10.7 Å². The normalized spacial score (nSPS) is 10.5. The van der Waals surface area contributed by atoms with Crippen molar-refractivity contribution in [2.24, 2.45) is 0 Å². The topological polar surface area (TPSA) is 55.0 Å². The highest BCUT2D eigenvalue weighted by Gasteiger charge is 2.08. The molecule has 0 radical (unpaired) electrons. The van der Waals surface area contributed by atoms with Crippen LogP contribution in [0.4, 0.5) is 0 Å². The Kier molecular flexibility index (Phi) is 2.02. The minimum absolute atomic E-state index is 0.254. The van der Waals surface area contributed by atoms with E-state index in [1.165, 1.54) is 0 Å². The van der Waals surface area contributed by atoms with E-state index in [-0.39, 0.29) is 4.84 Å². The SMILES string of the molecule is CCc1ccc(-c2n[nH]c(=S)o2)o1. The molecule has 0 aliphatic rings. The summed E-state index contributed by atoms with van der Waals surface area (Å²) in [7, 11) is 0. The molecule has 0 aliphatic heterocycles. The molecule has 0 spiro atoms. The zero-order chi connectivity index (χ0) is 9.26. The Morgan fingerprint density at radius 3 is 2.85 bits per heavy atom. The van der Waals surface area contributed by atoms with Gasteiger partial charge in [-0.25, -0.2) is 5.10 Å². The average molecular weight is 196 g/mol. The molecule has 0 unspecified atom stereocenters. The summed E-state index contributed by atoms with van der Waals surface area (Å²) in [5.74, 6) is 1.90. The van der Waals surface area contributed by atoms with Crippen LogP contribution in [0.15, 0.2) is 21.0 Å². The third kappa shape index (κ3) is 1.55. The second-order valence-corrected chi connectivity index (χ2v) is 2.91. The molecule has 0 amide bonds. The van der Waals surface area contributed by atoms with Gasteiger partial charge in [-0.3, -0.25) is 0 Å². The zero-order valence-electron chi connectivity index (χ0n) is 7.03. The fraction of sp³-hybridized carbons (Fsp3) is 0.250. The van der Waals surface area contributed by atoms with Gasteiger partial charge in [0, 0.05) is 6.42 Å². The number of hydrogen-bond donors (Lipinski definition) is 1. The van der Waals surface area contributed by atoms with Crippen molar-refractivity contribution in [3.8, 4) is 11.7 Å². The smallest absolute Gasteiger partial charge is 0.284 e. The van der Waals surface area contributed by atoms with Crippen LogP contribution in [0.5, 0.6) is 0 Å². The van der Waals surface area contributed by atoms with E-state index >= 15 is 0 Å². The van der Waals surface area contributed by atoms with E-state index in [1.54, 1.807) is 0 Å². The minimum atomic E-state index is 0.254. The first-order valence-corrected chi connectivity index (χ1v) is 4.35. The molecule has 2 aromatic heterocycles. The first-order valence-electron chi connectivity index (χ1n) is 3.94. The summed E-state index contributed by atoms with van der Waals surface area (Å²) in [5.41, 5.74) is 0. The average Bonchev–Trinajstić information content (AvgIpc) is 2.71. The van der Waals surface area contributed by atoms with E-state index in [0.717, 1.165) is 12.2 Å². The van der Waals surface area contributed by atoms with E-state index in [2.05, 4.69) is 10.2 Å². The summed E-state index contributed by atoms with van der Waals surface area (Å²) in [5, 5.41) is 6.38. The molecule has 0 aliphatic carbocycles. The van der Waals surface area contributed by atoms with Gasteiger partial charge in [0.1, 0.15) is 5.76 Å². The first-order chi connectivity index (χ1) is 6.29. The van der Waals surface area contributed by atoms with Crippen molar-refractivity contribution in [1.29, 1.82) is 0 Å². The zero-order valence-corrected chi connectivity index (χ0v) is 7.85. The third-order valence-electron chi connectivity index (χ3n) is 1.66. The van der Waals surface area contributed by atoms with Crippen molar-refractivity contribution in [2.75, 3.05) is 0 Å². The largest absolute Gasteiger partial charge is 0.456 e. The van der Waals surface area contributed by atoms with Crippen LogP contribution in [0.2, 0.25) is 0 Å². The highest BCUT2D eigenvalue weighted by Crippen LogP contribution is 2.19. The summed E-state index contributed by atoms with van der Waals surface area (Å²) >= 11 is 4.74. The highest BCUT2D eigenvalue weighted by molar-refractivity contribution is 7.71. The van der Waals surface area contributed by atoms with E-state index in [0.29, 0.717) is 11.7 Å². The number of hydrogen-bond acceptors (Lipinski definition) is 4. The standard InChI is InChI=1S/C8H8N2O2S/c1-2-5-3-4-6(11-5)7-9-10-8(13)12-7/h3-4H,2H2,1H3,(H,10,13). The lowest BCUT2D eigenvalue weighted by atomic mass is 10.3. The lowest BCUT2D eigenvalue weighted by molar-refractivity contribution is 0.485. The lowest BCUT2D eigenvalue weighted by Gasteiger charge is -1.87. The monoisotopic (exact) mass is 196 g/mol. The molecule has 0 bridgehead atoms. The molecule has 0 fully saturated rings. The van der Waals surface area contributed by atoms with Gasteiger partial charge < -0.3 is 8.83 Å². The summed E-state index contributed by atoms with van der Waals surface area (Å²) in [6.45, 7) is 2.02. The van der Waals surface area contributed by atoms with Gasteiger partial charge in [-0.1, -0.05) is 6.92 Å². The number of nitrogens with one attached hydrogen (secondary N) is 1. The van der Waals surface area contributed by atoms with Crippen LogP contribution in [0.1, 0.15) is 12.7 Å². The van der Waals surface area contributed by atoms with Crippen molar-refractivity contribution in [1.82, 2.24) is 10.2 Å². The lowest BCUT2D eigenvalue weighted by Crippen LogP contribution is -1.73. The van der Waals surface area contributed by atoms with Gasteiger partial charge in [-0.15, -0.1) is 5.10 Å². The van der Waals surface area contributed by atoms with Crippen LogP contribution in [-0.2, 0) is 6.42 Å². The number of H-pyrrole nitrogens is 1. The van der Waals surface area contributed by atoms with Gasteiger partial charge in [-0.05, 0) is 24.4 Å². The van der Waals surface area contributed by atoms with Gasteiger partial charge in [0.2, 0.25) is 0 Å². The van der Waals surface area contributed by atoms with Gasteiger partial charge in [0.15, 0.2) is 5.76 Å². The van der Waals surface area contributed by atoms with Crippen LogP contribution in [0, 0.1) is 4.84 Å². The summed E-state index contributed by atoms with van der Waals surface area (Å²) in [4.78, 5) is 0.254. The molecule has 5 heteroatoms. The quantitative estimate of drug-likeness (QED) is 0.750. The van der Waals surface area contributed by atoms with Crippen LogP contribution in [-0.4, -0.2) is 10.2 Å². The molecule has 68 valence electrons. The maximum absolute atomic E-state index is 5.41. The van der Waals surface area contributed by atoms with Crippen molar-refractivity contribution < 1.29 is 8.83 Å². The Morgan fingerprint density at radius 2 is 2.31 bits per heavy atom. The third-order valence-corrected chi connectivity index (χ3v) is 1.83. The second-order valence-electron chi connectivity index (χ2n) is 2.54. The molecule has 0 saturated heterocycles. The summed E-state index contributed by atoms with van der Waals surface area (Å²) in [6, 6.07) is 3.70. The predicted molar refractivity (Wildman–Crippen MR) is 48.8 cm³/mol. The molecule has 4 nitrogen and oxygen atoms in total.